The molecule has 1 N–H and O–H groups in total. The largest absolute Gasteiger partial charge is 0.311 e. The number of rotatable bonds is 10. The number of nitrogens with zero attached hydrogens (tertiary/aromatic N) is 1. The van der Waals surface area contributed by atoms with Crippen molar-refractivity contribution in [3.63, 3.8) is 0 Å². The normalized spacial score (nSPS) is 27.9. The second-order valence-electron chi connectivity index (χ2n) is 7.03. The quantitative estimate of drug-likeness (QED) is 0.603. The Morgan fingerprint density at radius 3 is 2.30 bits per heavy atom. The highest BCUT2D eigenvalue weighted by molar-refractivity contribution is 4.94. The maximum Gasteiger partial charge on any atom is 0.0249 e. The van der Waals surface area contributed by atoms with Gasteiger partial charge >= 0.3 is 0 Å². The van der Waals surface area contributed by atoms with E-state index in [2.05, 4.69) is 24.1 Å². The lowest BCUT2D eigenvalue weighted by atomic mass is 10.0. The average Bonchev–Trinajstić information content (AvgIpc) is 3.30. The summed E-state index contributed by atoms with van der Waals surface area (Å²) in [5.74, 6) is 1.02. The third-order valence-corrected chi connectivity index (χ3v) is 5.25. The molecule has 0 spiro atoms. The molecule has 1 aliphatic carbocycles. The second-order valence-corrected chi connectivity index (χ2v) is 7.03. The summed E-state index contributed by atoms with van der Waals surface area (Å²) in [6.07, 6.45) is 14.3. The minimum absolute atomic E-state index is 0.745. The van der Waals surface area contributed by atoms with Gasteiger partial charge in [0, 0.05) is 25.2 Å². The summed E-state index contributed by atoms with van der Waals surface area (Å²) in [5.41, 5.74) is 0. The number of nitrogens with one attached hydrogen (secondary N) is 1. The van der Waals surface area contributed by atoms with Crippen molar-refractivity contribution in [2.24, 2.45) is 5.92 Å². The second kappa shape index (κ2) is 9.04. The van der Waals surface area contributed by atoms with E-state index in [9.17, 15) is 0 Å². The van der Waals surface area contributed by atoms with Gasteiger partial charge in [0.15, 0.2) is 0 Å². The maximum absolute atomic E-state index is 3.75. The van der Waals surface area contributed by atoms with Gasteiger partial charge in [0.05, 0.1) is 0 Å². The Morgan fingerprint density at radius 1 is 0.950 bits per heavy atom. The van der Waals surface area contributed by atoms with Gasteiger partial charge in [0.1, 0.15) is 0 Å². The molecule has 2 unspecified atom stereocenters. The van der Waals surface area contributed by atoms with Crippen LogP contribution in [0, 0.1) is 5.92 Å². The molecule has 0 radical (unpaired) electrons. The smallest absolute Gasteiger partial charge is 0.0249 e. The van der Waals surface area contributed by atoms with Gasteiger partial charge in [-0.3, -0.25) is 4.90 Å². The van der Waals surface area contributed by atoms with E-state index in [0.717, 1.165) is 18.0 Å². The van der Waals surface area contributed by atoms with Crippen molar-refractivity contribution in [2.75, 3.05) is 19.6 Å². The van der Waals surface area contributed by atoms with Crippen molar-refractivity contribution in [1.29, 1.82) is 0 Å². The van der Waals surface area contributed by atoms with E-state index in [-0.39, 0.29) is 0 Å². The molecule has 1 aliphatic heterocycles. The topological polar surface area (TPSA) is 15.3 Å². The Balaban J connectivity index is 1.60. The molecule has 2 fully saturated rings. The molecule has 0 aromatic rings. The summed E-state index contributed by atoms with van der Waals surface area (Å²) in [6.45, 7) is 8.52. The minimum atomic E-state index is 0.745. The standard InChI is InChI=1S/C18H36N2/c1-3-5-6-7-8-9-10-13-20-15-17(4-2)19-14-18(20)16-11-12-16/h16-19H,3-15H2,1-2H3. The number of unbranched alkanes of at least 4 members (excludes halogenated alkanes) is 6. The first-order chi connectivity index (χ1) is 9.85. The molecule has 2 rings (SSSR count). The molecule has 2 nitrogen and oxygen atoms in total. The number of hydrogen-bond acceptors (Lipinski definition) is 2. The van der Waals surface area contributed by atoms with E-state index >= 15 is 0 Å². The fourth-order valence-electron chi connectivity index (χ4n) is 3.65. The first-order valence-corrected chi connectivity index (χ1v) is 9.32. The maximum atomic E-state index is 3.75. The lowest BCUT2D eigenvalue weighted by Crippen LogP contribution is -2.57. The Bertz CT molecular complexity index is 250. The summed E-state index contributed by atoms with van der Waals surface area (Å²) in [5, 5.41) is 3.75. The van der Waals surface area contributed by atoms with Crippen LogP contribution in [0.3, 0.4) is 0 Å². The van der Waals surface area contributed by atoms with Crippen LogP contribution >= 0.6 is 0 Å². The summed E-state index contributed by atoms with van der Waals surface area (Å²) >= 11 is 0. The van der Waals surface area contributed by atoms with Crippen LogP contribution in [0.1, 0.15) is 78.1 Å². The summed E-state index contributed by atoms with van der Waals surface area (Å²) in [4.78, 5) is 2.83. The molecule has 2 atom stereocenters. The molecule has 0 aromatic carbocycles. The summed E-state index contributed by atoms with van der Waals surface area (Å²) < 4.78 is 0. The third kappa shape index (κ3) is 5.37. The molecular formula is C18H36N2. The fraction of sp³-hybridized carbons (Fsp3) is 1.00. The molecule has 2 aliphatic rings. The van der Waals surface area contributed by atoms with Gasteiger partial charge in [-0.1, -0.05) is 52.4 Å². The molecular weight excluding hydrogens is 244 g/mol. The molecule has 1 saturated heterocycles. The first-order valence-electron chi connectivity index (χ1n) is 9.32. The van der Waals surface area contributed by atoms with Crippen molar-refractivity contribution in [3.8, 4) is 0 Å². The number of hydrogen-bond donors (Lipinski definition) is 1. The molecule has 0 amide bonds. The first kappa shape index (κ1) is 16.3. The van der Waals surface area contributed by atoms with Crippen LogP contribution in [-0.2, 0) is 0 Å². The fourth-order valence-corrected chi connectivity index (χ4v) is 3.65. The zero-order chi connectivity index (χ0) is 14.2. The van der Waals surface area contributed by atoms with E-state index < -0.39 is 0 Å². The average molecular weight is 281 g/mol. The number of piperazine rings is 1. The van der Waals surface area contributed by atoms with Gasteiger partial charge in [0.2, 0.25) is 0 Å². The van der Waals surface area contributed by atoms with Crippen LogP contribution in [0.15, 0.2) is 0 Å². The SMILES string of the molecule is CCCCCCCCCN1CC(CC)NCC1C1CC1. The summed E-state index contributed by atoms with van der Waals surface area (Å²) in [7, 11) is 0. The Morgan fingerprint density at radius 2 is 1.65 bits per heavy atom. The highest BCUT2D eigenvalue weighted by Gasteiger charge is 2.37. The van der Waals surface area contributed by atoms with Crippen molar-refractivity contribution in [1.82, 2.24) is 10.2 Å². The van der Waals surface area contributed by atoms with Crippen molar-refractivity contribution < 1.29 is 0 Å². The Labute approximate surface area is 126 Å². The van der Waals surface area contributed by atoms with Crippen LogP contribution < -0.4 is 5.32 Å². The highest BCUT2D eigenvalue weighted by atomic mass is 15.2. The minimum Gasteiger partial charge on any atom is -0.311 e. The van der Waals surface area contributed by atoms with E-state index in [1.54, 1.807) is 0 Å². The Kier molecular flexibility index (Phi) is 7.37. The molecule has 2 heteroatoms. The van der Waals surface area contributed by atoms with Crippen LogP contribution in [0.4, 0.5) is 0 Å². The van der Waals surface area contributed by atoms with Crippen LogP contribution in [0.5, 0.6) is 0 Å². The third-order valence-electron chi connectivity index (χ3n) is 5.25. The van der Waals surface area contributed by atoms with Crippen molar-refractivity contribution in [2.45, 2.75) is 90.1 Å². The van der Waals surface area contributed by atoms with Gasteiger partial charge in [0.25, 0.3) is 0 Å². The lowest BCUT2D eigenvalue weighted by molar-refractivity contribution is 0.111. The Hall–Kier alpha value is -0.0800. The van der Waals surface area contributed by atoms with E-state index in [4.69, 9.17) is 0 Å². The van der Waals surface area contributed by atoms with Gasteiger partial charge in [-0.2, -0.15) is 0 Å². The monoisotopic (exact) mass is 280 g/mol. The van der Waals surface area contributed by atoms with E-state index in [1.165, 1.54) is 83.8 Å². The van der Waals surface area contributed by atoms with Gasteiger partial charge < -0.3 is 5.32 Å². The van der Waals surface area contributed by atoms with Crippen LogP contribution in [0.25, 0.3) is 0 Å². The zero-order valence-corrected chi connectivity index (χ0v) is 13.9. The summed E-state index contributed by atoms with van der Waals surface area (Å²) in [6, 6.07) is 1.60. The predicted molar refractivity (Wildman–Crippen MR) is 88.2 cm³/mol. The molecule has 20 heavy (non-hydrogen) atoms. The zero-order valence-electron chi connectivity index (χ0n) is 13.9. The molecule has 1 saturated carbocycles. The molecule has 1 heterocycles. The highest BCUT2D eigenvalue weighted by Crippen LogP contribution is 2.36. The van der Waals surface area contributed by atoms with Gasteiger partial charge in [-0.25, -0.2) is 0 Å². The van der Waals surface area contributed by atoms with E-state index in [1.807, 2.05) is 0 Å². The van der Waals surface area contributed by atoms with Crippen LogP contribution in [-0.4, -0.2) is 36.6 Å². The van der Waals surface area contributed by atoms with Gasteiger partial charge in [-0.15, -0.1) is 0 Å². The molecule has 0 aromatic heterocycles. The van der Waals surface area contributed by atoms with Gasteiger partial charge in [-0.05, 0) is 38.1 Å². The molecule has 118 valence electrons. The van der Waals surface area contributed by atoms with E-state index in [0.29, 0.717) is 0 Å². The van der Waals surface area contributed by atoms with Crippen molar-refractivity contribution >= 4 is 0 Å². The van der Waals surface area contributed by atoms with Crippen molar-refractivity contribution in [3.05, 3.63) is 0 Å². The predicted octanol–water partition coefficient (Wildman–Crippen LogP) is 4.20. The lowest BCUT2D eigenvalue weighted by Gasteiger charge is -2.40. The molecule has 0 bridgehead atoms. The van der Waals surface area contributed by atoms with Crippen LogP contribution in [0.2, 0.25) is 0 Å².